The van der Waals surface area contributed by atoms with Crippen LogP contribution in [0.15, 0.2) is 59.5 Å². The highest BCUT2D eigenvalue weighted by Gasteiger charge is 2.21. The summed E-state index contributed by atoms with van der Waals surface area (Å²) in [5.74, 6) is -0.291. The molecule has 1 atom stereocenters. The van der Waals surface area contributed by atoms with Gasteiger partial charge < -0.3 is 16.0 Å². The number of nitrogen functional groups attached to an aromatic ring is 1. The van der Waals surface area contributed by atoms with Gasteiger partial charge in [0.15, 0.2) is 5.43 Å². The molecule has 0 aliphatic carbocycles. The van der Waals surface area contributed by atoms with Crippen LogP contribution in [0.2, 0.25) is 0 Å². The van der Waals surface area contributed by atoms with Crippen molar-refractivity contribution in [3.05, 3.63) is 81.9 Å². The highest BCUT2D eigenvalue weighted by Crippen LogP contribution is 2.29. The molecule has 148 valence electrons. The third-order valence-corrected chi connectivity index (χ3v) is 4.80. The summed E-state index contributed by atoms with van der Waals surface area (Å²) >= 11 is 0. The maximum atomic E-state index is 14.4. The number of nitrogens with one attached hydrogen (secondary N) is 2. The predicted octanol–water partition coefficient (Wildman–Crippen LogP) is 3.75. The van der Waals surface area contributed by atoms with Gasteiger partial charge in [-0.05, 0) is 24.6 Å². The second kappa shape index (κ2) is 7.64. The molecule has 8 heteroatoms. The topological polar surface area (TPSA) is 120 Å². The number of anilines is 2. The van der Waals surface area contributed by atoms with E-state index in [2.05, 4.69) is 20.3 Å². The SMILES string of the molecule is CC(Nc1nc(N)ncc1C#N)c1c(-c2ccccc2)[nH]c2c(F)cccc2c1=O. The number of aromatic nitrogens is 3. The van der Waals surface area contributed by atoms with Crippen LogP contribution in [0.25, 0.3) is 22.2 Å². The number of pyridine rings is 1. The van der Waals surface area contributed by atoms with Crippen molar-refractivity contribution >= 4 is 22.7 Å². The second-order valence-corrected chi connectivity index (χ2v) is 6.74. The van der Waals surface area contributed by atoms with E-state index in [0.29, 0.717) is 11.3 Å². The number of fused-ring (bicyclic) bond motifs is 1. The largest absolute Gasteiger partial charge is 0.368 e. The van der Waals surface area contributed by atoms with Gasteiger partial charge in [0.2, 0.25) is 5.95 Å². The molecule has 0 saturated carbocycles. The number of nitrogens with zero attached hydrogens (tertiary/aromatic N) is 3. The number of rotatable bonds is 4. The van der Waals surface area contributed by atoms with Gasteiger partial charge in [-0.1, -0.05) is 36.4 Å². The van der Waals surface area contributed by atoms with Gasteiger partial charge in [0.1, 0.15) is 23.3 Å². The van der Waals surface area contributed by atoms with E-state index in [1.165, 1.54) is 18.3 Å². The van der Waals surface area contributed by atoms with Gasteiger partial charge in [-0.15, -0.1) is 0 Å². The lowest BCUT2D eigenvalue weighted by molar-refractivity contribution is 0.636. The molecule has 4 rings (SSSR count). The lowest BCUT2D eigenvalue weighted by Crippen LogP contribution is -2.21. The molecule has 0 fully saturated rings. The molecule has 0 amide bonds. The molecular weight excluding hydrogens is 383 g/mol. The number of nitrogens with two attached hydrogens (primary N) is 1. The van der Waals surface area contributed by atoms with Gasteiger partial charge >= 0.3 is 0 Å². The molecule has 0 aliphatic rings. The summed E-state index contributed by atoms with van der Waals surface area (Å²) in [4.78, 5) is 24.4. The zero-order valence-corrected chi connectivity index (χ0v) is 16.0. The van der Waals surface area contributed by atoms with Crippen LogP contribution in [0.3, 0.4) is 0 Å². The Morgan fingerprint density at radius 1 is 1.20 bits per heavy atom. The standard InChI is InChI=1S/C22H17FN6O/c1-12(27-21-14(10-24)11-26-22(25)29-21)17-18(13-6-3-2-4-7-13)28-19-15(20(17)30)8-5-9-16(19)23/h2-9,11-12H,1H3,(H,28,30)(H3,25,26,27,29). The number of hydrogen-bond donors (Lipinski definition) is 3. The Morgan fingerprint density at radius 3 is 2.70 bits per heavy atom. The molecule has 0 bridgehead atoms. The van der Waals surface area contributed by atoms with Gasteiger partial charge in [-0.3, -0.25) is 4.79 Å². The highest BCUT2D eigenvalue weighted by molar-refractivity contribution is 5.84. The van der Waals surface area contributed by atoms with Crippen molar-refractivity contribution in [3.63, 3.8) is 0 Å². The van der Waals surface area contributed by atoms with Crippen molar-refractivity contribution in [2.24, 2.45) is 0 Å². The third kappa shape index (κ3) is 3.33. The summed E-state index contributed by atoms with van der Waals surface area (Å²) in [6.45, 7) is 1.77. The quantitative estimate of drug-likeness (QED) is 0.480. The minimum atomic E-state index is -0.571. The minimum absolute atomic E-state index is 0.00137. The van der Waals surface area contributed by atoms with Crippen LogP contribution in [0, 0.1) is 17.1 Å². The average Bonchev–Trinajstić information content (AvgIpc) is 2.75. The summed E-state index contributed by atoms with van der Waals surface area (Å²) in [5, 5.41) is 12.7. The Bertz CT molecular complexity index is 1340. The van der Waals surface area contributed by atoms with Crippen LogP contribution in [0.1, 0.15) is 24.1 Å². The number of aromatic amines is 1. The monoisotopic (exact) mass is 400 g/mol. The van der Waals surface area contributed by atoms with Gasteiger partial charge in [-0.2, -0.15) is 10.2 Å². The number of H-pyrrole nitrogens is 1. The van der Waals surface area contributed by atoms with E-state index in [-0.39, 0.29) is 33.7 Å². The number of hydrogen-bond acceptors (Lipinski definition) is 6. The Kier molecular flexibility index (Phi) is 4.86. The van der Waals surface area contributed by atoms with Gasteiger partial charge in [0.05, 0.1) is 23.4 Å². The zero-order chi connectivity index (χ0) is 21.3. The molecule has 4 N–H and O–H groups in total. The van der Waals surface area contributed by atoms with Crippen molar-refractivity contribution in [2.75, 3.05) is 11.1 Å². The van der Waals surface area contributed by atoms with Crippen molar-refractivity contribution < 1.29 is 4.39 Å². The fraction of sp³-hybridized carbons (Fsp3) is 0.0909. The van der Waals surface area contributed by atoms with E-state index in [9.17, 15) is 14.4 Å². The molecule has 0 saturated heterocycles. The van der Waals surface area contributed by atoms with Crippen molar-refractivity contribution in [1.29, 1.82) is 5.26 Å². The van der Waals surface area contributed by atoms with Crippen molar-refractivity contribution in [2.45, 2.75) is 13.0 Å². The van der Waals surface area contributed by atoms with E-state index >= 15 is 0 Å². The van der Waals surface area contributed by atoms with E-state index < -0.39 is 11.9 Å². The summed E-state index contributed by atoms with van der Waals surface area (Å²) < 4.78 is 14.4. The third-order valence-electron chi connectivity index (χ3n) is 4.80. The maximum absolute atomic E-state index is 14.4. The molecule has 0 spiro atoms. The fourth-order valence-electron chi connectivity index (χ4n) is 3.40. The minimum Gasteiger partial charge on any atom is -0.368 e. The van der Waals surface area contributed by atoms with Crippen LogP contribution in [0.5, 0.6) is 0 Å². The summed E-state index contributed by atoms with van der Waals surface area (Å²) in [6.07, 6.45) is 1.31. The van der Waals surface area contributed by atoms with Gasteiger partial charge in [0, 0.05) is 10.9 Å². The molecule has 30 heavy (non-hydrogen) atoms. The Morgan fingerprint density at radius 2 is 1.97 bits per heavy atom. The molecule has 2 aromatic carbocycles. The van der Waals surface area contributed by atoms with Crippen molar-refractivity contribution in [1.82, 2.24) is 15.0 Å². The first-order valence-electron chi connectivity index (χ1n) is 9.18. The number of nitriles is 1. The fourth-order valence-corrected chi connectivity index (χ4v) is 3.40. The van der Waals surface area contributed by atoms with E-state index in [1.54, 1.807) is 13.0 Å². The van der Waals surface area contributed by atoms with E-state index in [4.69, 9.17) is 5.73 Å². The average molecular weight is 400 g/mol. The van der Waals surface area contributed by atoms with Gasteiger partial charge in [-0.25, -0.2) is 9.37 Å². The first-order chi connectivity index (χ1) is 14.5. The molecule has 4 aromatic rings. The molecule has 0 radical (unpaired) electrons. The normalized spacial score (nSPS) is 11.8. The summed E-state index contributed by atoms with van der Waals surface area (Å²) in [7, 11) is 0. The molecular formula is C22H17FN6O. The molecule has 2 aromatic heterocycles. The molecule has 0 aliphatic heterocycles. The lowest BCUT2D eigenvalue weighted by atomic mass is 9.97. The van der Waals surface area contributed by atoms with Crippen LogP contribution in [0.4, 0.5) is 16.2 Å². The summed E-state index contributed by atoms with van der Waals surface area (Å²) in [6, 6.07) is 15.0. The lowest BCUT2D eigenvalue weighted by Gasteiger charge is -2.20. The molecule has 7 nitrogen and oxygen atoms in total. The van der Waals surface area contributed by atoms with Gasteiger partial charge in [0.25, 0.3) is 0 Å². The Labute approximate surface area is 171 Å². The summed E-state index contributed by atoms with van der Waals surface area (Å²) in [5.41, 5.74) is 7.28. The Hall–Kier alpha value is -4.25. The smallest absolute Gasteiger partial charge is 0.222 e. The molecule has 1 unspecified atom stereocenters. The predicted molar refractivity (Wildman–Crippen MR) is 113 cm³/mol. The number of para-hydroxylation sites is 1. The number of benzene rings is 2. The first-order valence-corrected chi connectivity index (χ1v) is 9.18. The highest BCUT2D eigenvalue weighted by atomic mass is 19.1. The number of halogens is 1. The first kappa shape index (κ1) is 19.1. The van der Waals surface area contributed by atoms with E-state index in [0.717, 1.165) is 5.56 Å². The van der Waals surface area contributed by atoms with Crippen LogP contribution in [-0.4, -0.2) is 15.0 Å². The second-order valence-electron chi connectivity index (χ2n) is 6.74. The Balaban J connectivity index is 1.93. The molecule has 2 heterocycles. The van der Waals surface area contributed by atoms with E-state index in [1.807, 2.05) is 36.4 Å². The zero-order valence-electron chi connectivity index (χ0n) is 16.0. The van der Waals surface area contributed by atoms with Crippen LogP contribution in [-0.2, 0) is 0 Å². The maximum Gasteiger partial charge on any atom is 0.222 e. The van der Waals surface area contributed by atoms with Crippen LogP contribution < -0.4 is 16.5 Å². The van der Waals surface area contributed by atoms with Crippen molar-refractivity contribution in [3.8, 4) is 17.3 Å². The van der Waals surface area contributed by atoms with Crippen LogP contribution >= 0.6 is 0 Å².